The Labute approximate surface area is 192 Å². The first-order valence-corrected chi connectivity index (χ1v) is 11.5. The molecule has 0 unspecified atom stereocenters. The summed E-state index contributed by atoms with van der Waals surface area (Å²) < 4.78 is 5.61. The minimum atomic E-state index is -0.459. The molecule has 0 radical (unpaired) electrons. The third-order valence-corrected chi connectivity index (χ3v) is 6.82. The fourth-order valence-electron chi connectivity index (χ4n) is 3.60. The van der Waals surface area contributed by atoms with Crippen molar-refractivity contribution < 1.29 is 9.53 Å². The van der Waals surface area contributed by atoms with E-state index in [-0.39, 0.29) is 0 Å². The van der Waals surface area contributed by atoms with Crippen molar-refractivity contribution in [2.24, 2.45) is 0 Å². The Morgan fingerprint density at radius 2 is 1.81 bits per heavy atom. The molecule has 5 nitrogen and oxygen atoms in total. The van der Waals surface area contributed by atoms with Crippen LogP contribution in [0.3, 0.4) is 0 Å². The van der Waals surface area contributed by atoms with E-state index < -0.39 is 6.09 Å². The Bertz CT molecular complexity index is 1040. The van der Waals surface area contributed by atoms with Crippen LogP contribution in [0.15, 0.2) is 54.6 Å². The van der Waals surface area contributed by atoms with Gasteiger partial charge in [-0.2, -0.15) is 0 Å². The van der Waals surface area contributed by atoms with Crippen molar-refractivity contribution in [2.45, 2.75) is 13.5 Å². The number of piperazine rings is 1. The number of nitrogens with zero attached hydrogens (tertiary/aromatic N) is 2. The molecule has 2 heterocycles. The zero-order valence-electron chi connectivity index (χ0n) is 17.7. The average Bonchev–Trinajstić information content (AvgIpc) is 3.14. The normalized spacial score (nSPS) is 14.5. The van der Waals surface area contributed by atoms with E-state index in [4.69, 9.17) is 16.3 Å². The monoisotopic (exact) mass is 455 g/mol. The first-order valence-electron chi connectivity index (χ1n) is 10.3. The average molecular weight is 456 g/mol. The van der Waals surface area contributed by atoms with Gasteiger partial charge in [0.25, 0.3) is 0 Å². The molecule has 0 bridgehead atoms. The summed E-state index contributed by atoms with van der Waals surface area (Å²) in [6.07, 6.45) is -0.459. The van der Waals surface area contributed by atoms with Gasteiger partial charge in [-0.15, -0.1) is 0 Å². The molecule has 1 aliphatic rings. The van der Waals surface area contributed by atoms with E-state index in [0.717, 1.165) is 42.2 Å². The molecule has 4 rings (SSSR count). The fourth-order valence-corrected chi connectivity index (χ4v) is 4.78. The highest BCUT2D eigenvalue weighted by atomic mass is 35.5. The van der Waals surface area contributed by atoms with Crippen molar-refractivity contribution >= 4 is 34.7 Å². The summed E-state index contributed by atoms with van der Waals surface area (Å²) in [5.41, 5.74) is 4.33. The van der Waals surface area contributed by atoms with E-state index in [1.165, 1.54) is 22.6 Å². The first-order chi connectivity index (χ1) is 15.0. The number of nitrogens with one attached hydrogen (secondary N) is 1. The zero-order valence-corrected chi connectivity index (χ0v) is 19.3. The lowest BCUT2D eigenvalue weighted by atomic mass is 10.1. The number of hydrogen-bond donors (Lipinski definition) is 1. The molecule has 1 fully saturated rings. The van der Waals surface area contributed by atoms with Gasteiger partial charge in [-0.25, -0.2) is 4.79 Å². The fraction of sp³-hybridized carbons (Fsp3) is 0.292. The van der Waals surface area contributed by atoms with E-state index in [9.17, 15) is 4.79 Å². The number of carbonyl (C=O) groups is 1. The van der Waals surface area contributed by atoms with Gasteiger partial charge in [0.2, 0.25) is 0 Å². The largest absolute Gasteiger partial charge is 0.413 e. The Hall–Kier alpha value is -2.54. The van der Waals surface area contributed by atoms with Crippen molar-refractivity contribution in [3.63, 3.8) is 0 Å². The number of rotatable bonds is 5. The van der Waals surface area contributed by atoms with E-state index in [1.54, 1.807) is 12.1 Å². The van der Waals surface area contributed by atoms with Crippen LogP contribution in [0.5, 0.6) is 5.06 Å². The van der Waals surface area contributed by atoms with Crippen LogP contribution >= 0.6 is 22.9 Å². The predicted molar refractivity (Wildman–Crippen MR) is 129 cm³/mol. The highest BCUT2D eigenvalue weighted by Crippen LogP contribution is 2.41. The Balaban J connectivity index is 1.45. The van der Waals surface area contributed by atoms with Crippen LogP contribution in [0.1, 0.15) is 11.1 Å². The van der Waals surface area contributed by atoms with Crippen LogP contribution in [0.25, 0.3) is 10.4 Å². The second-order valence-corrected chi connectivity index (χ2v) is 9.21. The number of para-hydroxylation sites is 1. The van der Waals surface area contributed by atoms with Gasteiger partial charge in [0.05, 0.1) is 0 Å². The predicted octanol–water partition coefficient (Wildman–Crippen LogP) is 5.42. The standard InChI is InChI=1S/C24H26ClN3O2S/c1-17-15-22(20-5-3-4-6-21(20)28-13-11-27(2)12-14-28)31-23(17)30-24(29)26-16-18-7-9-19(25)10-8-18/h3-10,15H,11-14,16H2,1-2H3,(H,26,29). The number of ether oxygens (including phenoxy) is 1. The summed E-state index contributed by atoms with van der Waals surface area (Å²) in [6, 6.07) is 17.9. The lowest BCUT2D eigenvalue weighted by Gasteiger charge is -2.35. The van der Waals surface area contributed by atoms with Crippen molar-refractivity contribution in [1.29, 1.82) is 0 Å². The zero-order chi connectivity index (χ0) is 21.8. The number of carbonyl (C=O) groups excluding carboxylic acids is 1. The first kappa shape index (κ1) is 21.7. The molecular weight excluding hydrogens is 430 g/mol. The molecule has 3 aromatic rings. The van der Waals surface area contributed by atoms with E-state index in [0.29, 0.717) is 16.6 Å². The maximum atomic E-state index is 12.3. The van der Waals surface area contributed by atoms with Gasteiger partial charge in [-0.1, -0.05) is 53.3 Å². The van der Waals surface area contributed by atoms with E-state index >= 15 is 0 Å². The summed E-state index contributed by atoms with van der Waals surface area (Å²) in [5, 5.41) is 4.09. The van der Waals surface area contributed by atoms with Crippen LogP contribution in [0, 0.1) is 6.92 Å². The quantitative estimate of drug-likeness (QED) is 0.558. The number of aryl methyl sites for hydroxylation is 1. The number of amides is 1. The molecule has 0 aliphatic carbocycles. The van der Waals surface area contributed by atoms with Crippen LogP contribution in [-0.4, -0.2) is 44.2 Å². The number of likely N-dealkylation sites (N-methyl/N-ethyl adjacent to an activating group) is 1. The third-order valence-electron chi connectivity index (χ3n) is 5.42. The summed E-state index contributed by atoms with van der Waals surface area (Å²) in [6.45, 7) is 6.49. The summed E-state index contributed by atoms with van der Waals surface area (Å²) in [7, 11) is 2.16. The molecule has 0 saturated carbocycles. The van der Waals surface area contributed by atoms with Gasteiger partial charge in [-0.05, 0) is 43.8 Å². The van der Waals surface area contributed by atoms with Crippen molar-refractivity contribution in [2.75, 3.05) is 38.1 Å². The number of hydrogen-bond acceptors (Lipinski definition) is 5. The van der Waals surface area contributed by atoms with Crippen LogP contribution < -0.4 is 15.0 Å². The van der Waals surface area contributed by atoms with Gasteiger partial charge < -0.3 is 19.9 Å². The smallest absolute Gasteiger partial charge is 0.399 e. The molecule has 7 heteroatoms. The highest BCUT2D eigenvalue weighted by molar-refractivity contribution is 7.17. The van der Waals surface area contributed by atoms with E-state index in [1.807, 2.05) is 19.1 Å². The number of thiophene rings is 1. The van der Waals surface area contributed by atoms with Gasteiger partial charge in [0.1, 0.15) is 0 Å². The third kappa shape index (κ3) is 5.39. The molecule has 1 aliphatic heterocycles. The number of benzene rings is 2. The molecular formula is C24H26ClN3O2S. The Kier molecular flexibility index (Phi) is 6.80. The van der Waals surface area contributed by atoms with Gasteiger partial charge in [0.15, 0.2) is 5.06 Å². The van der Waals surface area contributed by atoms with Crippen LogP contribution in [-0.2, 0) is 6.54 Å². The minimum Gasteiger partial charge on any atom is -0.399 e. The minimum absolute atomic E-state index is 0.388. The molecule has 2 aromatic carbocycles. The van der Waals surface area contributed by atoms with Crippen LogP contribution in [0.4, 0.5) is 10.5 Å². The number of anilines is 1. The molecule has 162 valence electrons. The van der Waals surface area contributed by atoms with Crippen molar-refractivity contribution in [3.05, 3.63) is 70.7 Å². The highest BCUT2D eigenvalue weighted by Gasteiger charge is 2.20. The molecule has 0 atom stereocenters. The van der Waals surface area contributed by atoms with Gasteiger partial charge in [0, 0.05) is 59.4 Å². The summed E-state index contributed by atoms with van der Waals surface area (Å²) in [4.78, 5) is 18.2. The Morgan fingerprint density at radius 3 is 2.55 bits per heavy atom. The maximum Gasteiger partial charge on any atom is 0.413 e. The molecule has 1 N–H and O–H groups in total. The SMILES string of the molecule is Cc1cc(-c2ccccc2N2CCN(C)CC2)sc1OC(=O)NCc1ccc(Cl)cc1. The topological polar surface area (TPSA) is 44.8 Å². The van der Waals surface area contributed by atoms with Crippen LogP contribution in [0.2, 0.25) is 5.02 Å². The summed E-state index contributed by atoms with van der Waals surface area (Å²) in [5.74, 6) is 0. The van der Waals surface area contributed by atoms with Crippen molar-refractivity contribution in [1.82, 2.24) is 10.2 Å². The summed E-state index contributed by atoms with van der Waals surface area (Å²) >= 11 is 7.41. The second kappa shape index (κ2) is 9.73. The molecule has 1 amide bonds. The lowest BCUT2D eigenvalue weighted by Crippen LogP contribution is -2.44. The van der Waals surface area contributed by atoms with Crippen molar-refractivity contribution in [3.8, 4) is 15.5 Å². The van der Waals surface area contributed by atoms with Gasteiger partial charge in [-0.3, -0.25) is 0 Å². The molecule has 0 spiro atoms. The molecule has 1 aromatic heterocycles. The lowest BCUT2D eigenvalue weighted by molar-refractivity contribution is 0.201. The van der Waals surface area contributed by atoms with E-state index in [2.05, 4.69) is 52.5 Å². The maximum absolute atomic E-state index is 12.3. The van der Waals surface area contributed by atoms with Gasteiger partial charge >= 0.3 is 6.09 Å². The molecule has 31 heavy (non-hydrogen) atoms. The number of halogens is 1. The Morgan fingerprint density at radius 1 is 1.10 bits per heavy atom. The molecule has 1 saturated heterocycles. The second-order valence-electron chi connectivity index (χ2n) is 7.76.